The van der Waals surface area contributed by atoms with Crippen LogP contribution in [0.5, 0.6) is 0 Å². The van der Waals surface area contributed by atoms with Gasteiger partial charge in [-0.25, -0.2) is 0 Å². The molecule has 0 saturated carbocycles. The summed E-state index contributed by atoms with van der Waals surface area (Å²) in [6.07, 6.45) is 3.93. The summed E-state index contributed by atoms with van der Waals surface area (Å²) in [7, 11) is 0. The smallest absolute Gasteiger partial charge is 0.0340 e. The van der Waals surface area contributed by atoms with Crippen LogP contribution in [0.15, 0.2) is 35.6 Å². The molecular formula is C9H15N. The van der Waals surface area contributed by atoms with Crippen molar-refractivity contribution in [3.8, 4) is 0 Å². The van der Waals surface area contributed by atoms with Gasteiger partial charge in [-0.3, -0.25) is 0 Å². The SMILES string of the molecule is C=C(C)/C(N)=C\C(C)=C/C. The van der Waals surface area contributed by atoms with E-state index >= 15 is 0 Å². The highest BCUT2D eigenvalue weighted by molar-refractivity contribution is 5.30. The van der Waals surface area contributed by atoms with Crippen molar-refractivity contribution in [2.24, 2.45) is 5.73 Å². The molecule has 0 atom stereocenters. The van der Waals surface area contributed by atoms with Crippen LogP contribution in [0.1, 0.15) is 20.8 Å². The predicted octanol–water partition coefficient (Wildman–Crippen LogP) is 2.37. The van der Waals surface area contributed by atoms with E-state index in [9.17, 15) is 0 Å². The van der Waals surface area contributed by atoms with Crippen LogP contribution in [0.4, 0.5) is 0 Å². The van der Waals surface area contributed by atoms with Crippen LogP contribution in [0.2, 0.25) is 0 Å². The van der Waals surface area contributed by atoms with Crippen LogP contribution in [0.25, 0.3) is 0 Å². The van der Waals surface area contributed by atoms with E-state index in [2.05, 4.69) is 6.58 Å². The largest absolute Gasteiger partial charge is 0.399 e. The highest BCUT2D eigenvalue weighted by Crippen LogP contribution is 2.03. The van der Waals surface area contributed by atoms with Gasteiger partial charge in [0, 0.05) is 5.70 Å². The van der Waals surface area contributed by atoms with E-state index < -0.39 is 0 Å². The van der Waals surface area contributed by atoms with Gasteiger partial charge in [0.15, 0.2) is 0 Å². The van der Waals surface area contributed by atoms with Gasteiger partial charge in [0.1, 0.15) is 0 Å². The van der Waals surface area contributed by atoms with Crippen LogP contribution in [-0.4, -0.2) is 0 Å². The van der Waals surface area contributed by atoms with Crippen LogP contribution in [-0.2, 0) is 0 Å². The fourth-order valence-corrected chi connectivity index (χ4v) is 0.452. The molecule has 0 heterocycles. The van der Waals surface area contributed by atoms with Crippen molar-refractivity contribution in [3.63, 3.8) is 0 Å². The Morgan fingerprint density at radius 1 is 1.40 bits per heavy atom. The number of hydrogen-bond donors (Lipinski definition) is 1. The summed E-state index contributed by atoms with van der Waals surface area (Å²) < 4.78 is 0. The minimum atomic E-state index is 0.760. The van der Waals surface area contributed by atoms with E-state index in [4.69, 9.17) is 5.73 Å². The van der Waals surface area contributed by atoms with Crippen molar-refractivity contribution in [1.29, 1.82) is 0 Å². The average molecular weight is 137 g/mol. The van der Waals surface area contributed by atoms with E-state index in [1.165, 1.54) is 5.57 Å². The number of hydrogen-bond acceptors (Lipinski definition) is 1. The maximum absolute atomic E-state index is 5.61. The second kappa shape index (κ2) is 3.94. The van der Waals surface area contributed by atoms with Gasteiger partial charge in [0.05, 0.1) is 0 Å². The van der Waals surface area contributed by atoms with Crippen molar-refractivity contribution >= 4 is 0 Å². The summed E-state index contributed by atoms with van der Waals surface area (Å²) in [5.41, 5.74) is 8.46. The molecular weight excluding hydrogens is 122 g/mol. The Morgan fingerprint density at radius 3 is 2.20 bits per heavy atom. The first-order chi connectivity index (χ1) is 4.57. The molecule has 56 valence electrons. The quantitative estimate of drug-likeness (QED) is 0.581. The minimum absolute atomic E-state index is 0.760. The maximum Gasteiger partial charge on any atom is 0.0340 e. The molecule has 0 fully saturated rings. The van der Waals surface area contributed by atoms with Gasteiger partial charge in [-0.05, 0) is 32.4 Å². The van der Waals surface area contributed by atoms with Crippen molar-refractivity contribution < 1.29 is 0 Å². The molecule has 0 rings (SSSR count). The molecule has 0 aliphatic rings. The van der Waals surface area contributed by atoms with Gasteiger partial charge in [0.25, 0.3) is 0 Å². The third kappa shape index (κ3) is 3.13. The summed E-state index contributed by atoms with van der Waals surface area (Å²) in [4.78, 5) is 0. The highest BCUT2D eigenvalue weighted by Gasteiger charge is 1.88. The Hall–Kier alpha value is -0.980. The zero-order valence-electron chi connectivity index (χ0n) is 6.94. The lowest BCUT2D eigenvalue weighted by Crippen LogP contribution is -1.97. The lowest BCUT2D eigenvalue weighted by Gasteiger charge is -1.97. The van der Waals surface area contributed by atoms with Crippen molar-refractivity contribution in [3.05, 3.63) is 35.6 Å². The first-order valence-corrected chi connectivity index (χ1v) is 3.34. The van der Waals surface area contributed by atoms with Crippen LogP contribution < -0.4 is 5.73 Å². The fraction of sp³-hybridized carbons (Fsp3) is 0.333. The molecule has 10 heavy (non-hydrogen) atoms. The molecule has 0 unspecified atom stereocenters. The van der Waals surface area contributed by atoms with Gasteiger partial charge in [-0.1, -0.05) is 18.2 Å². The Morgan fingerprint density at radius 2 is 1.90 bits per heavy atom. The molecule has 1 heteroatoms. The first-order valence-electron chi connectivity index (χ1n) is 3.34. The highest BCUT2D eigenvalue weighted by atomic mass is 14.6. The maximum atomic E-state index is 5.61. The van der Waals surface area contributed by atoms with Gasteiger partial charge >= 0.3 is 0 Å². The number of allylic oxidation sites excluding steroid dienone is 4. The van der Waals surface area contributed by atoms with Crippen LogP contribution in [0.3, 0.4) is 0 Å². The molecule has 0 aromatic rings. The predicted molar refractivity (Wildman–Crippen MR) is 46.5 cm³/mol. The summed E-state index contributed by atoms with van der Waals surface area (Å²) in [6, 6.07) is 0. The lowest BCUT2D eigenvalue weighted by molar-refractivity contribution is 1.28. The zero-order valence-corrected chi connectivity index (χ0v) is 6.94. The van der Waals surface area contributed by atoms with Crippen molar-refractivity contribution in [2.75, 3.05) is 0 Å². The molecule has 0 aromatic heterocycles. The summed E-state index contributed by atoms with van der Waals surface area (Å²) in [5.74, 6) is 0. The molecule has 0 aliphatic carbocycles. The second-order valence-electron chi connectivity index (χ2n) is 2.41. The second-order valence-corrected chi connectivity index (χ2v) is 2.41. The Balaban J connectivity index is 4.31. The Kier molecular flexibility index (Phi) is 3.55. The van der Waals surface area contributed by atoms with Crippen molar-refractivity contribution in [2.45, 2.75) is 20.8 Å². The van der Waals surface area contributed by atoms with Gasteiger partial charge < -0.3 is 5.73 Å². The summed E-state index contributed by atoms with van der Waals surface area (Å²) in [5, 5.41) is 0. The van der Waals surface area contributed by atoms with Gasteiger partial charge in [-0.15, -0.1) is 0 Å². The van der Waals surface area contributed by atoms with E-state index in [0.29, 0.717) is 0 Å². The van der Waals surface area contributed by atoms with E-state index in [1.807, 2.05) is 32.9 Å². The molecule has 0 aliphatic heterocycles. The lowest BCUT2D eigenvalue weighted by atomic mass is 10.2. The standard InChI is InChI=1S/C9H15N/c1-5-8(4)6-9(10)7(2)3/h5-6H,2,10H2,1,3-4H3/b8-5-,9-6+. The number of nitrogens with two attached hydrogens (primary N) is 1. The zero-order chi connectivity index (χ0) is 8.15. The Labute approximate surface area is 62.9 Å². The summed E-state index contributed by atoms with van der Waals surface area (Å²) in [6.45, 7) is 9.61. The normalized spacial score (nSPS) is 13.5. The molecule has 0 saturated heterocycles. The van der Waals surface area contributed by atoms with E-state index in [0.717, 1.165) is 11.3 Å². The summed E-state index contributed by atoms with van der Waals surface area (Å²) >= 11 is 0. The minimum Gasteiger partial charge on any atom is -0.399 e. The van der Waals surface area contributed by atoms with Crippen molar-refractivity contribution in [1.82, 2.24) is 0 Å². The molecule has 0 spiro atoms. The van der Waals surface area contributed by atoms with Crippen LogP contribution in [0, 0.1) is 0 Å². The topological polar surface area (TPSA) is 26.0 Å². The molecule has 1 nitrogen and oxygen atoms in total. The van der Waals surface area contributed by atoms with Gasteiger partial charge in [-0.2, -0.15) is 0 Å². The molecule has 0 radical (unpaired) electrons. The van der Waals surface area contributed by atoms with Crippen LogP contribution >= 0.6 is 0 Å². The monoisotopic (exact) mass is 137 g/mol. The number of rotatable bonds is 2. The molecule has 0 aromatic carbocycles. The van der Waals surface area contributed by atoms with Gasteiger partial charge in [0.2, 0.25) is 0 Å². The van der Waals surface area contributed by atoms with E-state index in [-0.39, 0.29) is 0 Å². The average Bonchev–Trinajstić information content (AvgIpc) is 1.87. The third-order valence-corrected chi connectivity index (χ3v) is 1.33. The first kappa shape index (κ1) is 9.02. The molecule has 2 N–H and O–H groups in total. The molecule has 0 amide bonds. The molecule has 0 bridgehead atoms. The third-order valence-electron chi connectivity index (χ3n) is 1.33. The fourth-order valence-electron chi connectivity index (χ4n) is 0.452. The van der Waals surface area contributed by atoms with E-state index in [1.54, 1.807) is 0 Å². The Bertz CT molecular complexity index is 185.